The van der Waals surface area contributed by atoms with Crippen molar-refractivity contribution in [1.29, 1.82) is 0 Å². The van der Waals surface area contributed by atoms with Crippen molar-refractivity contribution in [3.05, 3.63) is 65.4 Å². The first-order valence-corrected chi connectivity index (χ1v) is 9.64. The van der Waals surface area contributed by atoms with E-state index in [-0.39, 0.29) is 5.91 Å². The number of anilines is 1. The van der Waals surface area contributed by atoms with Crippen molar-refractivity contribution in [3.8, 4) is 17.2 Å². The molecule has 0 atom stereocenters. The quantitative estimate of drug-likeness (QED) is 0.726. The third kappa shape index (κ3) is 3.14. The highest BCUT2D eigenvalue weighted by Gasteiger charge is 2.27. The van der Waals surface area contributed by atoms with Gasteiger partial charge in [-0.05, 0) is 24.3 Å². The Hall–Kier alpha value is -2.93. The summed E-state index contributed by atoms with van der Waals surface area (Å²) in [5.41, 5.74) is 3.33. The third-order valence-corrected chi connectivity index (χ3v) is 5.41. The molecule has 138 valence electrons. The van der Waals surface area contributed by atoms with Gasteiger partial charge in [0.15, 0.2) is 0 Å². The second-order valence-electron chi connectivity index (χ2n) is 6.01. The number of nitrogens with one attached hydrogen (secondary N) is 1. The number of methoxy groups -OCH3 is 2. The molecular formula is C20H19N3O3S. The summed E-state index contributed by atoms with van der Waals surface area (Å²) in [6.45, 7) is 0. The molecule has 0 fully saturated rings. The Bertz CT molecular complexity index is 963. The van der Waals surface area contributed by atoms with Crippen LogP contribution in [-0.2, 0) is 11.5 Å². The van der Waals surface area contributed by atoms with Crippen molar-refractivity contribution in [1.82, 2.24) is 9.78 Å². The number of amides is 1. The van der Waals surface area contributed by atoms with Crippen molar-refractivity contribution in [2.75, 3.05) is 19.5 Å². The van der Waals surface area contributed by atoms with E-state index < -0.39 is 0 Å². The zero-order valence-corrected chi connectivity index (χ0v) is 15.9. The first kappa shape index (κ1) is 17.5. The molecule has 7 heteroatoms. The van der Waals surface area contributed by atoms with Crippen molar-refractivity contribution in [2.45, 2.75) is 11.5 Å². The molecule has 0 spiro atoms. The van der Waals surface area contributed by atoms with E-state index >= 15 is 0 Å². The number of hydrogen-bond donors (Lipinski definition) is 1. The van der Waals surface area contributed by atoms with Crippen LogP contribution in [0.2, 0.25) is 0 Å². The zero-order valence-electron chi connectivity index (χ0n) is 15.1. The average molecular weight is 381 g/mol. The van der Waals surface area contributed by atoms with Crippen LogP contribution in [0, 0.1) is 0 Å². The van der Waals surface area contributed by atoms with E-state index in [1.54, 1.807) is 34.6 Å². The number of carbonyl (C=O) groups excluding carboxylic acids is 1. The van der Waals surface area contributed by atoms with Crippen LogP contribution < -0.4 is 14.8 Å². The van der Waals surface area contributed by atoms with E-state index in [0.717, 1.165) is 28.5 Å². The largest absolute Gasteiger partial charge is 0.496 e. The summed E-state index contributed by atoms with van der Waals surface area (Å²) in [7, 11) is 3.07. The van der Waals surface area contributed by atoms with Crippen LogP contribution in [0.4, 0.5) is 5.82 Å². The summed E-state index contributed by atoms with van der Waals surface area (Å²) in [5.74, 6) is 2.99. The van der Waals surface area contributed by atoms with E-state index in [0.29, 0.717) is 22.9 Å². The Kier molecular flexibility index (Phi) is 4.77. The highest BCUT2D eigenvalue weighted by molar-refractivity contribution is 7.98. The lowest BCUT2D eigenvalue weighted by Gasteiger charge is -2.15. The molecule has 2 heterocycles. The SMILES string of the molecule is COc1cccc(OC)c1C(=O)Nc1c2c(nn1-c1ccccc1)CSC2. The summed E-state index contributed by atoms with van der Waals surface area (Å²) < 4.78 is 12.5. The summed E-state index contributed by atoms with van der Waals surface area (Å²) in [4.78, 5) is 13.1. The molecule has 4 rings (SSSR count). The maximum absolute atomic E-state index is 13.1. The monoisotopic (exact) mass is 381 g/mol. The molecule has 0 bridgehead atoms. The lowest BCUT2D eigenvalue weighted by Crippen LogP contribution is -2.18. The molecule has 1 aliphatic rings. The number of carbonyl (C=O) groups is 1. The minimum Gasteiger partial charge on any atom is -0.496 e. The van der Waals surface area contributed by atoms with Crippen LogP contribution >= 0.6 is 11.8 Å². The topological polar surface area (TPSA) is 65.4 Å². The molecule has 1 amide bonds. The number of para-hydroxylation sites is 1. The Morgan fingerprint density at radius 3 is 2.41 bits per heavy atom. The molecule has 2 aromatic carbocycles. The first-order chi connectivity index (χ1) is 13.2. The highest BCUT2D eigenvalue weighted by atomic mass is 32.2. The predicted octanol–water partition coefficient (Wildman–Crippen LogP) is 3.89. The lowest BCUT2D eigenvalue weighted by atomic mass is 10.1. The maximum Gasteiger partial charge on any atom is 0.264 e. The van der Waals surface area contributed by atoms with Crippen LogP contribution in [-0.4, -0.2) is 29.9 Å². The number of nitrogens with zero attached hydrogens (tertiary/aromatic N) is 2. The third-order valence-electron chi connectivity index (χ3n) is 4.44. The van der Waals surface area contributed by atoms with E-state index in [2.05, 4.69) is 5.32 Å². The number of benzene rings is 2. The fourth-order valence-electron chi connectivity index (χ4n) is 3.14. The van der Waals surface area contributed by atoms with Gasteiger partial charge in [-0.25, -0.2) is 4.68 Å². The molecule has 1 N–H and O–H groups in total. The van der Waals surface area contributed by atoms with E-state index in [1.807, 2.05) is 30.3 Å². The lowest BCUT2D eigenvalue weighted by molar-refractivity contribution is 0.102. The van der Waals surface area contributed by atoms with Crippen LogP contribution in [0.25, 0.3) is 5.69 Å². The predicted molar refractivity (Wildman–Crippen MR) is 106 cm³/mol. The fraction of sp³-hybridized carbons (Fsp3) is 0.200. The van der Waals surface area contributed by atoms with Crippen LogP contribution in [0.5, 0.6) is 11.5 Å². The summed E-state index contributed by atoms with van der Waals surface area (Å²) in [6.07, 6.45) is 0. The van der Waals surface area contributed by atoms with Crippen molar-refractivity contribution < 1.29 is 14.3 Å². The Labute approximate surface area is 161 Å². The van der Waals surface area contributed by atoms with Crippen LogP contribution in [0.3, 0.4) is 0 Å². The molecule has 3 aromatic rings. The van der Waals surface area contributed by atoms with Crippen LogP contribution in [0.15, 0.2) is 48.5 Å². The van der Waals surface area contributed by atoms with Gasteiger partial charge in [0, 0.05) is 17.1 Å². The normalized spacial score (nSPS) is 12.5. The van der Waals surface area contributed by atoms with Gasteiger partial charge in [0.2, 0.25) is 0 Å². The van der Waals surface area contributed by atoms with E-state index in [9.17, 15) is 4.79 Å². The van der Waals surface area contributed by atoms with Crippen molar-refractivity contribution in [3.63, 3.8) is 0 Å². The minimum atomic E-state index is -0.291. The molecule has 0 saturated carbocycles. The zero-order chi connectivity index (χ0) is 18.8. The number of ether oxygens (including phenoxy) is 2. The van der Waals surface area contributed by atoms with Crippen molar-refractivity contribution >= 4 is 23.5 Å². The second kappa shape index (κ2) is 7.36. The molecule has 0 radical (unpaired) electrons. The van der Waals surface area contributed by atoms with Gasteiger partial charge in [0.05, 0.1) is 25.6 Å². The van der Waals surface area contributed by atoms with Gasteiger partial charge in [0.1, 0.15) is 22.9 Å². The first-order valence-electron chi connectivity index (χ1n) is 8.49. The minimum absolute atomic E-state index is 0.291. The van der Waals surface area contributed by atoms with Gasteiger partial charge in [0.25, 0.3) is 5.91 Å². The fourth-order valence-corrected chi connectivity index (χ4v) is 4.18. The molecule has 1 aliphatic heterocycles. The van der Waals surface area contributed by atoms with E-state index in [4.69, 9.17) is 14.6 Å². The van der Waals surface area contributed by atoms with Gasteiger partial charge in [-0.15, -0.1) is 0 Å². The molecule has 1 aromatic heterocycles. The van der Waals surface area contributed by atoms with Gasteiger partial charge in [-0.3, -0.25) is 4.79 Å². The van der Waals surface area contributed by atoms with Gasteiger partial charge >= 0.3 is 0 Å². The Balaban J connectivity index is 1.77. The number of hydrogen-bond acceptors (Lipinski definition) is 5. The van der Waals surface area contributed by atoms with Crippen molar-refractivity contribution in [2.24, 2.45) is 0 Å². The summed E-state index contributed by atoms with van der Waals surface area (Å²) in [5, 5.41) is 7.75. The van der Waals surface area contributed by atoms with Gasteiger partial charge in [-0.2, -0.15) is 16.9 Å². The van der Waals surface area contributed by atoms with Crippen LogP contribution in [0.1, 0.15) is 21.6 Å². The van der Waals surface area contributed by atoms with Gasteiger partial charge in [-0.1, -0.05) is 24.3 Å². The van der Waals surface area contributed by atoms with Gasteiger partial charge < -0.3 is 14.8 Å². The number of thioether (sulfide) groups is 1. The van der Waals surface area contributed by atoms with E-state index in [1.165, 1.54) is 14.2 Å². The molecule has 0 unspecified atom stereocenters. The number of rotatable bonds is 5. The average Bonchev–Trinajstić information content (AvgIpc) is 3.30. The molecule has 27 heavy (non-hydrogen) atoms. The number of fused-ring (bicyclic) bond motifs is 1. The number of aromatic nitrogens is 2. The summed E-state index contributed by atoms with van der Waals surface area (Å²) in [6, 6.07) is 15.1. The maximum atomic E-state index is 13.1. The highest BCUT2D eigenvalue weighted by Crippen LogP contribution is 2.37. The molecule has 0 saturated heterocycles. The smallest absolute Gasteiger partial charge is 0.264 e. The summed E-state index contributed by atoms with van der Waals surface area (Å²) >= 11 is 1.79. The molecule has 6 nitrogen and oxygen atoms in total. The second-order valence-corrected chi connectivity index (χ2v) is 6.99. The Morgan fingerprint density at radius 1 is 1.04 bits per heavy atom. The molecule has 0 aliphatic carbocycles. The standard InChI is InChI=1S/C20H19N3O3S/c1-25-16-9-6-10-17(26-2)18(16)20(24)21-19-14-11-27-12-15(14)22-23(19)13-7-4-3-5-8-13/h3-10H,11-12H2,1-2H3,(H,21,24). The Morgan fingerprint density at radius 2 is 1.74 bits per heavy atom. The molecular weight excluding hydrogens is 362 g/mol.